The van der Waals surface area contributed by atoms with Gasteiger partial charge in [-0.05, 0) is 24.3 Å². The van der Waals surface area contributed by atoms with Gasteiger partial charge in [0.05, 0.1) is 31.8 Å². The zero-order valence-corrected chi connectivity index (χ0v) is 17.7. The van der Waals surface area contributed by atoms with Crippen molar-refractivity contribution in [1.82, 2.24) is 15.6 Å². The van der Waals surface area contributed by atoms with E-state index in [0.29, 0.717) is 22.2 Å². The number of fused-ring (bicyclic) bond motifs is 1. The first kappa shape index (κ1) is 21.8. The van der Waals surface area contributed by atoms with Crippen LogP contribution in [0, 0.1) is 0 Å². The molecule has 0 saturated heterocycles. The quantitative estimate of drug-likeness (QED) is 0.437. The number of para-hydroxylation sites is 1. The topological polar surface area (TPSA) is 97.4 Å². The van der Waals surface area contributed by atoms with Gasteiger partial charge in [-0.1, -0.05) is 53.0 Å². The van der Waals surface area contributed by atoms with Crippen LogP contribution in [0.4, 0.5) is 4.79 Å². The number of ether oxygens (including phenoxy) is 1. The maximum absolute atomic E-state index is 12.7. The molecule has 3 aromatic rings. The van der Waals surface area contributed by atoms with E-state index in [1.165, 1.54) is 13.1 Å². The maximum Gasteiger partial charge on any atom is 0.339 e. The summed E-state index contributed by atoms with van der Waals surface area (Å²) in [5.74, 6) is -1.54. The van der Waals surface area contributed by atoms with Gasteiger partial charge in [0.25, 0.3) is 5.91 Å². The van der Waals surface area contributed by atoms with Crippen molar-refractivity contribution in [1.29, 1.82) is 0 Å². The number of nitrogens with zero attached hydrogens (tertiary/aromatic N) is 1. The van der Waals surface area contributed by atoms with Crippen LogP contribution in [-0.2, 0) is 9.53 Å². The van der Waals surface area contributed by atoms with E-state index in [1.54, 1.807) is 36.4 Å². The molecule has 0 fully saturated rings. The van der Waals surface area contributed by atoms with Gasteiger partial charge in [0, 0.05) is 18.0 Å². The van der Waals surface area contributed by atoms with Crippen molar-refractivity contribution >= 4 is 63.6 Å². The van der Waals surface area contributed by atoms with E-state index in [-0.39, 0.29) is 20.6 Å². The molecule has 3 amide bonds. The molecule has 0 aliphatic rings. The third-order valence-corrected chi connectivity index (χ3v) is 5.36. The highest BCUT2D eigenvalue weighted by molar-refractivity contribution is 6.49. The molecule has 0 radical (unpaired) electrons. The molecule has 0 aliphatic heterocycles. The van der Waals surface area contributed by atoms with Crippen LogP contribution in [0.3, 0.4) is 0 Å². The SMILES string of the molecule is CNC(=O)NC(=O)COC(=O)c1cc(-c2ccc(Cl)c(Cl)c2Cl)nc2ccccc12. The van der Waals surface area contributed by atoms with Gasteiger partial charge in [0.2, 0.25) is 0 Å². The summed E-state index contributed by atoms with van der Waals surface area (Å²) in [5, 5.41) is 5.40. The molecule has 0 bridgehead atoms. The van der Waals surface area contributed by atoms with E-state index in [0.717, 1.165) is 0 Å². The lowest BCUT2D eigenvalue weighted by atomic mass is 10.0. The molecule has 154 valence electrons. The van der Waals surface area contributed by atoms with Crippen molar-refractivity contribution in [2.75, 3.05) is 13.7 Å². The van der Waals surface area contributed by atoms with Gasteiger partial charge in [-0.25, -0.2) is 14.6 Å². The summed E-state index contributed by atoms with van der Waals surface area (Å²) in [4.78, 5) is 40.1. The second-order valence-electron chi connectivity index (χ2n) is 6.00. The van der Waals surface area contributed by atoms with Gasteiger partial charge < -0.3 is 10.1 Å². The predicted octanol–water partition coefficient (Wildman–Crippen LogP) is 4.47. The lowest BCUT2D eigenvalue weighted by Gasteiger charge is -2.12. The fourth-order valence-corrected chi connectivity index (χ4v) is 3.27. The molecule has 3 rings (SSSR count). The third kappa shape index (κ3) is 4.64. The first-order valence-corrected chi connectivity index (χ1v) is 9.67. The van der Waals surface area contributed by atoms with Gasteiger partial charge in [0.1, 0.15) is 0 Å². The average Bonchev–Trinajstić information content (AvgIpc) is 2.75. The van der Waals surface area contributed by atoms with Crippen molar-refractivity contribution in [3.63, 3.8) is 0 Å². The zero-order valence-electron chi connectivity index (χ0n) is 15.5. The lowest BCUT2D eigenvalue weighted by Crippen LogP contribution is -2.39. The summed E-state index contributed by atoms with van der Waals surface area (Å²) in [6.07, 6.45) is 0. The van der Waals surface area contributed by atoms with Crippen molar-refractivity contribution in [2.24, 2.45) is 0 Å². The number of urea groups is 1. The predicted molar refractivity (Wildman–Crippen MR) is 115 cm³/mol. The molecule has 0 unspecified atom stereocenters. The number of imide groups is 1. The highest BCUT2D eigenvalue weighted by Crippen LogP contribution is 2.38. The number of aromatic nitrogens is 1. The minimum Gasteiger partial charge on any atom is -0.452 e. The number of carbonyl (C=O) groups is 3. The molecule has 30 heavy (non-hydrogen) atoms. The highest BCUT2D eigenvalue weighted by Gasteiger charge is 2.19. The molecule has 2 aromatic carbocycles. The summed E-state index contributed by atoms with van der Waals surface area (Å²) >= 11 is 18.4. The Hall–Kier alpha value is -2.87. The van der Waals surface area contributed by atoms with Crippen LogP contribution in [0.1, 0.15) is 10.4 Å². The summed E-state index contributed by atoms with van der Waals surface area (Å²) < 4.78 is 5.07. The minimum atomic E-state index is -0.770. The molecule has 0 spiro atoms. The van der Waals surface area contributed by atoms with Gasteiger partial charge in [-0.15, -0.1) is 0 Å². The first-order valence-electron chi connectivity index (χ1n) is 8.54. The number of esters is 1. The molecule has 7 nitrogen and oxygen atoms in total. The summed E-state index contributed by atoms with van der Waals surface area (Å²) in [6, 6.07) is 10.9. The Morgan fingerprint density at radius 2 is 1.77 bits per heavy atom. The molecule has 0 saturated carbocycles. The number of hydrogen-bond donors (Lipinski definition) is 2. The van der Waals surface area contributed by atoms with E-state index in [1.807, 2.05) is 5.32 Å². The van der Waals surface area contributed by atoms with E-state index >= 15 is 0 Å². The number of amides is 3. The van der Waals surface area contributed by atoms with Gasteiger partial charge >= 0.3 is 12.0 Å². The Morgan fingerprint density at radius 3 is 2.50 bits per heavy atom. The Bertz CT molecular complexity index is 1170. The minimum absolute atomic E-state index is 0.167. The van der Waals surface area contributed by atoms with Crippen molar-refractivity contribution < 1.29 is 19.1 Å². The number of benzene rings is 2. The van der Waals surface area contributed by atoms with Gasteiger partial charge in [-0.3, -0.25) is 10.1 Å². The fourth-order valence-electron chi connectivity index (χ4n) is 2.64. The van der Waals surface area contributed by atoms with Crippen molar-refractivity contribution in [3.05, 3.63) is 63.1 Å². The number of carbonyl (C=O) groups excluding carboxylic acids is 3. The first-order chi connectivity index (χ1) is 14.3. The number of hydrogen-bond acceptors (Lipinski definition) is 5. The second-order valence-corrected chi connectivity index (χ2v) is 7.16. The number of halogens is 3. The number of pyridine rings is 1. The lowest BCUT2D eigenvalue weighted by molar-refractivity contribution is -0.123. The molecular weight excluding hydrogens is 453 g/mol. The molecule has 10 heteroatoms. The van der Waals surface area contributed by atoms with Crippen LogP contribution < -0.4 is 10.6 Å². The van der Waals surface area contributed by atoms with E-state index in [2.05, 4.69) is 10.3 Å². The van der Waals surface area contributed by atoms with Gasteiger partial charge in [0.15, 0.2) is 6.61 Å². The van der Waals surface area contributed by atoms with Crippen molar-refractivity contribution in [3.8, 4) is 11.3 Å². The number of rotatable bonds is 4. The van der Waals surface area contributed by atoms with E-state index in [9.17, 15) is 14.4 Å². The smallest absolute Gasteiger partial charge is 0.339 e. The van der Waals surface area contributed by atoms with Crippen LogP contribution in [0.2, 0.25) is 15.1 Å². The summed E-state index contributed by atoms with van der Waals surface area (Å²) in [6.45, 7) is -0.633. The Labute approximate surface area is 186 Å². The normalized spacial score (nSPS) is 10.5. The van der Waals surface area contributed by atoms with Crippen molar-refractivity contribution in [2.45, 2.75) is 0 Å². The van der Waals surface area contributed by atoms with E-state index in [4.69, 9.17) is 39.5 Å². The van der Waals surface area contributed by atoms with Gasteiger partial charge in [-0.2, -0.15) is 0 Å². The van der Waals surface area contributed by atoms with E-state index < -0.39 is 24.5 Å². The zero-order chi connectivity index (χ0) is 21.8. The monoisotopic (exact) mass is 465 g/mol. The van der Waals surface area contributed by atoms with Crippen LogP contribution in [-0.4, -0.2) is 36.5 Å². The van der Waals surface area contributed by atoms with Crippen LogP contribution in [0.25, 0.3) is 22.2 Å². The molecule has 2 N–H and O–H groups in total. The third-order valence-electron chi connectivity index (χ3n) is 4.06. The largest absolute Gasteiger partial charge is 0.452 e. The van der Waals surface area contributed by atoms with Crippen LogP contribution >= 0.6 is 34.8 Å². The average molecular weight is 467 g/mol. The van der Waals surface area contributed by atoms with Crippen LogP contribution in [0.5, 0.6) is 0 Å². The summed E-state index contributed by atoms with van der Waals surface area (Å²) in [5.41, 5.74) is 1.53. The molecule has 1 heterocycles. The standard InChI is InChI=1S/C20H14Cl3N3O4/c1-24-20(29)26-16(27)9-30-19(28)12-8-15(25-14-5-3-2-4-10(12)14)11-6-7-13(21)18(23)17(11)22/h2-8H,9H2,1H3,(H2,24,26,27,29). The second kappa shape index (κ2) is 9.30. The Balaban J connectivity index is 1.98. The molecule has 0 aliphatic carbocycles. The molecule has 0 atom stereocenters. The van der Waals surface area contributed by atoms with Crippen LogP contribution in [0.15, 0.2) is 42.5 Å². The summed E-state index contributed by atoms with van der Waals surface area (Å²) in [7, 11) is 1.35. The molecule has 1 aromatic heterocycles. The highest BCUT2D eigenvalue weighted by atomic mass is 35.5. The maximum atomic E-state index is 12.7. The Morgan fingerprint density at radius 1 is 1.03 bits per heavy atom. The fraction of sp³-hybridized carbons (Fsp3) is 0.100. The molecular formula is C20H14Cl3N3O4. The number of nitrogens with one attached hydrogen (secondary N) is 2. The Kier molecular flexibility index (Phi) is 6.77.